The highest BCUT2D eigenvalue weighted by Gasteiger charge is 2.18. The molecule has 0 fully saturated rings. The summed E-state index contributed by atoms with van der Waals surface area (Å²) in [4.78, 5) is 31.1. The van der Waals surface area contributed by atoms with Gasteiger partial charge in [-0.15, -0.1) is 0 Å². The summed E-state index contributed by atoms with van der Waals surface area (Å²) >= 11 is 0. The third kappa shape index (κ3) is 2.56. The molecule has 7 heteroatoms. The summed E-state index contributed by atoms with van der Waals surface area (Å²) in [5.41, 5.74) is -0.894. The number of carboxylic acid groups (broad SMARTS) is 1. The van der Waals surface area contributed by atoms with E-state index < -0.39 is 16.6 Å². The molecule has 0 aliphatic rings. The van der Waals surface area contributed by atoms with Crippen LogP contribution in [0.15, 0.2) is 18.2 Å². The van der Waals surface area contributed by atoms with Crippen molar-refractivity contribution >= 4 is 24.0 Å². The number of rotatable bonds is 4. The molecule has 0 unspecified atom stereocenters. The van der Waals surface area contributed by atoms with Crippen LogP contribution >= 0.6 is 0 Å². The van der Waals surface area contributed by atoms with Crippen LogP contribution in [0.2, 0.25) is 0 Å². The Balaban J connectivity index is 3.59. The molecule has 0 aliphatic carbocycles. The Morgan fingerprint density at radius 3 is 2.61 bits per heavy atom. The Morgan fingerprint density at radius 2 is 2.17 bits per heavy atom. The summed E-state index contributed by atoms with van der Waals surface area (Å²) in [7, 11) is 0. The summed E-state index contributed by atoms with van der Waals surface area (Å²) < 4.78 is 0. The Kier molecular flexibility index (Phi) is 3.89. The van der Waals surface area contributed by atoms with Gasteiger partial charge in [0.15, 0.2) is 6.29 Å². The molecule has 0 aromatic heterocycles. The quantitative estimate of drug-likeness (QED) is 0.370. The monoisotopic (exact) mass is 246 g/mol. The molecule has 1 rings (SSSR count). The number of hydrogen-bond donors (Lipinski definition) is 1. The van der Waals surface area contributed by atoms with Crippen molar-refractivity contribution in [1.82, 2.24) is 0 Å². The van der Waals surface area contributed by atoms with E-state index in [0.29, 0.717) is 12.4 Å². The van der Waals surface area contributed by atoms with Crippen molar-refractivity contribution in [3.8, 4) is 6.07 Å². The number of hydrogen-bond acceptors (Lipinski definition) is 5. The van der Waals surface area contributed by atoms with Crippen molar-refractivity contribution in [2.75, 3.05) is 0 Å². The predicted molar refractivity (Wildman–Crippen MR) is 59.9 cm³/mol. The van der Waals surface area contributed by atoms with Gasteiger partial charge in [-0.3, -0.25) is 14.9 Å². The molecule has 1 N–H and O–H groups in total. The van der Waals surface area contributed by atoms with Crippen molar-refractivity contribution < 1.29 is 19.6 Å². The largest absolute Gasteiger partial charge is 0.478 e. The molecule has 7 nitrogen and oxygen atoms in total. The number of carboxylic acids is 1. The third-order valence-electron chi connectivity index (χ3n) is 2.08. The van der Waals surface area contributed by atoms with E-state index in [-0.39, 0.29) is 16.7 Å². The first-order chi connectivity index (χ1) is 8.51. The molecule has 0 spiro atoms. The van der Waals surface area contributed by atoms with Crippen molar-refractivity contribution in [1.29, 1.82) is 5.26 Å². The van der Waals surface area contributed by atoms with Crippen LogP contribution in [0.3, 0.4) is 0 Å². The molecule has 0 radical (unpaired) electrons. The van der Waals surface area contributed by atoms with Gasteiger partial charge in [0.2, 0.25) is 0 Å². The molecule has 90 valence electrons. The molecule has 1 aromatic carbocycles. The van der Waals surface area contributed by atoms with Gasteiger partial charge >= 0.3 is 5.97 Å². The summed E-state index contributed by atoms with van der Waals surface area (Å²) in [6.45, 7) is 0. The van der Waals surface area contributed by atoms with E-state index in [1.165, 1.54) is 0 Å². The second-order valence-electron chi connectivity index (χ2n) is 3.12. The zero-order valence-electron chi connectivity index (χ0n) is 8.86. The predicted octanol–water partition coefficient (Wildman–Crippen LogP) is 1.38. The molecule has 0 bridgehead atoms. The number of aldehydes is 1. The van der Waals surface area contributed by atoms with Crippen molar-refractivity contribution in [2.24, 2.45) is 0 Å². The van der Waals surface area contributed by atoms with Gasteiger partial charge in [0.25, 0.3) is 5.69 Å². The van der Waals surface area contributed by atoms with Crippen LogP contribution in [0.5, 0.6) is 0 Å². The lowest BCUT2D eigenvalue weighted by Crippen LogP contribution is -1.99. The minimum absolute atomic E-state index is 0.0341. The summed E-state index contributed by atoms with van der Waals surface area (Å²) in [5.74, 6) is -1.32. The highest BCUT2D eigenvalue weighted by atomic mass is 16.6. The van der Waals surface area contributed by atoms with E-state index in [0.717, 1.165) is 18.2 Å². The molecular weight excluding hydrogens is 240 g/mol. The fraction of sp³-hybridized carbons (Fsp3) is 0. The van der Waals surface area contributed by atoms with Gasteiger partial charge in [0, 0.05) is 17.7 Å². The molecule has 0 saturated heterocycles. The number of nitriles is 1. The molecule has 18 heavy (non-hydrogen) atoms. The molecular formula is C11H6N2O5. The maximum absolute atomic E-state index is 10.8. The number of aliphatic carboxylic acids is 1. The van der Waals surface area contributed by atoms with Crippen LogP contribution in [0, 0.1) is 21.4 Å². The van der Waals surface area contributed by atoms with Gasteiger partial charge in [0.1, 0.15) is 6.07 Å². The van der Waals surface area contributed by atoms with Gasteiger partial charge in [-0.2, -0.15) is 5.26 Å². The number of nitro groups is 1. The lowest BCUT2D eigenvalue weighted by molar-refractivity contribution is -0.385. The Labute approximate surface area is 101 Å². The first-order valence-electron chi connectivity index (χ1n) is 4.59. The van der Waals surface area contributed by atoms with E-state index in [1.54, 1.807) is 6.07 Å². The minimum atomic E-state index is -1.32. The zero-order chi connectivity index (χ0) is 13.7. The van der Waals surface area contributed by atoms with Crippen LogP contribution in [0.25, 0.3) is 6.08 Å². The number of carbonyl (C=O) groups is 2. The fourth-order valence-corrected chi connectivity index (χ4v) is 1.33. The van der Waals surface area contributed by atoms with Crippen LogP contribution in [-0.2, 0) is 4.79 Å². The molecule has 0 aliphatic heterocycles. The van der Waals surface area contributed by atoms with Crippen molar-refractivity contribution in [3.05, 3.63) is 45.0 Å². The highest BCUT2D eigenvalue weighted by Crippen LogP contribution is 2.25. The Bertz CT molecular complexity index is 598. The normalized spacial score (nSPS) is 9.94. The van der Waals surface area contributed by atoms with Gasteiger partial charge in [-0.25, -0.2) is 4.79 Å². The van der Waals surface area contributed by atoms with Gasteiger partial charge in [-0.1, -0.05) is 0 Å². The Hall–Kier alpha value is -3.01. The smallest absolute Gasteiger partial charge is 0.328 e. The van der Waals surface area contributed by atoms with E-state index in [4.69, 9.17) is 10.4 Å². The number of carbonyl (C=O) groups excluding carboxylic acids is 1. The standard InChI is InChI=1S/C11H6N2O5/c12-5-9-7(6-14)1-3-10(13(17)18)8(9)2-4-11(15)16/h1-4,6H,(H,15,16)/b4-2+. The third-order valence-corrected chi connectivity index (χ3v) is 2.08. The summed E-state index contributed by atoms with van der Waals surface area (Å²) in [6, 6.07) is 3.84. The van der Waals surface area contributed by atoms with Crippen LogP contribution in [-0.4, -0.2) is 22.3 Å². The van der Waals surface area contributed by atoms with Gasteiger partial charge < -0.3 is 5.11 Å². The van der Waals surface area contributed by atoms with Gasteiger partial charge in [0.05, 0.1) is 16.1 Å². The molecule has 0 atom stereocenters. The average Bonchev–Trinajstić information content (AvgIpc) is 2.34. The zero-order valence-corrected chi connectivity index (χ0v) is 8.86. The van der Waals surface area contributed by atoms with Crippen LogP contribution in [0.1, 0.15) is 21.5 Å². The number of benzene rings is 1. The van der Waals surface area contributed by atoms with Crippen molar-refractivity contribution in [3.63, 3.8) is 0 Å². The minimum Gasteiger partial charge on any atom is -0.478 e. The molecule has 0 heterocycles. The van der Waals surface area contributed by atoms with E-state index in [9.17, 15) is 19.7 Å². The summed E-state index contributed by atoms with van der Waals surface area (Å²) in [6.07, 6.45) is 1.96. The maximum atomic E-state index is 10.8. The maximum Gasteiger partial charge on any atom is 0.328 e. The first kappa shape index (κ1) is 13.1. The lowest BCUT2D eigenvalue weighted by Gasteiger charge is -2.02. The van der Waals surface area contributed by atoms with Crippen LogP contribution < -0.4 is 0 Å². The first-order valence-corrected chi connectivity index (χ1v) is 4.59. The second kappa shape index (κ2) is 5.36. The average molecular weight is 246 g/mol. The number of nitro benzene ring substituents is 1. The van der Waals surface area contributed by atoms with E-state index in [1.807, 2.05) is 0 Å². The number of nitrogens with zero attached hydrogens (tertiary/aromatic N) is 2. The van der Waals surface area contributed by atoms with Crippen molar-refractivity contribution in [2.45, 2.75) is 0 Å². The topological polar surface area (TPSA) is 121 Å². The lowest BCUT2D eigenvalue weighted by atomic mass is 10.0. The van der Waals surface area contributed by atoms with E-state index >= 15 is 0 Å². The Morgan fingerprint density at radius 1 is 1.50 bits per heavy atom. The molecule has 1 aromatic rings. The molecule has 0 amide bonds. The summed E-state index contributed by atoms with van der Waals surface area (Å²) in [5, 5.41) is 28.1. The van der Waals surface area contributed by atoms with E-state index in [2.05, 4.69) is 0 Å². The van der Waals surface area contributed by atoms with Crippen LogP contribution in [0.4, 0.5) is 5.69 Å². The second-order valence-corrected chi connectivity index (χ2v) is 3.12. The van der Waals surface area contributed by atoms with Gasteiger partial charge in [-0.05, 0) is 12.1 Å². The molecule has 0 saturated carbocycles. The SMILES string of the molecule is N#Cc1c(C=O)ccc([N+](=O)[O-])c1/C=C/C(=O)O. The fourth-order valence-electron chi connectivity index (χ4n) is 1.33. The highest BCUT2D eigenvalue weighted by molar-refractivity contribution is 5.90.